The lowest BCUT2D eigenvalue weighted by Crippen LogP contribution is -2.20. The van der Waals surface area contributed by atoms with E-state index in [9.17, 15) is 9.18 Å². The van der Waals surface area contributed by atoms with Gasteiger partial charge in [0.1, 0.15) is 28.8 Å². The Morgan fingerprint density at radius 3 is 2.33 bits per heavy atom. The van der Waals surface area contributed by atoms with Gasteiger partial charge in [-0.1, -0.05) is 30.3 Å². The van der Waals surface area contributed by atoms with Gasteiger partial charge in [0.15, 0.2) is 0 Å². The van der Waals surface area contributed by atoms with Crippen LogP contribution in [0.4, 0.5) is 4.39 Å². The maximum Gasteiger partial charge on any atom is 0.267 e. The maximum atomic E-state index is 14.7. The fourth-order valence-electron chi connectivity index (χ4n) is 3.15. The van der Waals surface area contributed by atoms with Crippen molar-refractivity contribution in [3.63, 3.8) is 0 Å². The minimum absolute atomic E-state index is 0.226. The van der Waals surface area contributed by atoms with Gasteiger partial charge in [-0.05, 0) is 42.5 Å². The Morgan fingerprint density at radius 2 is 1.57 bits per heavy atom. The van der Waals surface area contributed by atoms with Crippen LogP contribution in [-0.4, -0.2) is 16.9 Å². The van der Waals surface area contributed by atoms with Crippen molar-refractivity contribution in [3.8, 4) is 39.6 Å². The third-order valence-electron chi connectivity index (χ3n) is 4.67. The molecule has 5 nitrogen and oxygen atoms in total. The van der Waals surface area contributed by atoms with Crippen molar-refractivity contribution < 1.29 is 13.9 Å². The van der Waals surface area contributed by atoms with Gasteiger partial charge in [0.25, 0.3) is 5.56 Å². The lowest BCUT2D eigenvalue weighted by Gasteiger charge is -2.15. The highest BCUT2D eigenvalue weighted by molar-refractivity contribution is 5.83. The number of nitrogens with zero attached hydrogens (tertiary/aromatic N) is 2. The van der Waals surface area contributed by atoms with Crippen molar-refractivity contribution in [3.05, 3.63) is 95.0 Å². The molecule has 150 valence electrons. The Balaban J connectivity index is 1.93. The summed E-state index contributed by atoms with van der Waals surface area (Å²) in [6, 6.07) is 22.4. The van der Waals surface area contributed by atoms with E-state index in [0.717, 1.165) is 0 Å². The topological polar surface area (TPSA) is 53.4 Å². The van der Waals surface area contributed by atoms with Gasteiger partial charge in [0, 0.05) is 29.8 Å². The highest BCUT2D eigenvalue weighted by Crippen LogP contribution is 2.38. The van der Waals surface area contributed by atoms with Crippen LogP contribution in [-0.2, 0) is 7.05 Å². The summed E-state index contributed by atoms with van der Waals surface area (Å²) in [5.74, 6) is 1.20. The quantitative estimate of drug-likeness (QED) is 0.469. The monoisotopic (exact) mass is 402 g/mol. The van der Waals surface area contributed by atoms with Crippen LogP contribution in [0.2, 0.25) is 0 Å². The first kappa shape index (κ1) is 19.4. The number of hydrogen-bond donors (Lipinski definition) is 0. The molecule has 0 spiro atoms. The summed E-state index contributed by atoms with van der Waals surface area (Å²) in [6.45, 7) is 0. The summed E-state index contributed by atoms with van der Waals surface area (Å²) in [5.41, 5.74) is 1.30. The minimum Gasteiger partial charge on any atom is -0.497 e. The molecule has 0 amide bonds. The van der Waals surface area contributed by atoms with Crippen molar-refractivity contribution >= 4 is 0 Å². The first-order chi connectivity index (χ1) is 14.6. The van der Waals surface area contributed by atoms with Gasteiger partial charge in [-0.3, -0.25) is 4.79 Å². The Kier molecular flexibility index (Phi) is 5.30. The molecule has 1 heterocycles. The zero-order valence-electron chi connectivity index (χ0n) is 16.5. The number of aryl methyl sites for hydroxylation is 1. The lowest BCUT2D eigenvalue weighted by molar-refractivity contribution is 0.414. The second-order valence-corrected chi connectivity index (χ2v) is 6.63. The van der Waals surface area contributed by atoms with Crippen LogP contribution in [0, 0.1) is 5.82 Å². The van der Waals surface area contributed by atoms with E-state index < -0.39 is 5.82 Å². The largest absolute Gasteiger partial charge is 0.497 e. The van der Waals surface area contributed by atoms with Gasteiger partial charge in [0.2, 0.25) is 0 Å². The molecule has 0 N–H and O–H groups in total. The van der Waals surface area contributed by atoms with Crippen LogP contribution in [0.5, 0.6) is 17.2 Å². The van der Waals surface area contributed by atoms with Gasteiger partial charge in [-0.2, -0.15) is 5.10 Å². The summed E-state index contributed by atoms with van der Waals surface area (Å²) in [6.07, 6.45) is 0. The molecule has 0 radical (unpaired) electrons. The summed E-state index contributed by atoms with van der Waals surface area (Å²) >= 11 is 0. The van der Waals surface area contributed by atoms with Crippen LogP contribution in [0.15, 0.2) is 83.7 Å². The summed E-state index contributed by atoms with van der Waals surface area (Å²) < 4.78 is 27.3. The smallest absolute Gasteiger partial charge is 0.267 e. The van der Waals surface area contributed by atoms with E-state index >= 15 is 0 Å². The first-order valence-electron chi connectivity index (χ1n) is 9.31. The Morgan fingerprint density at radius 1 is 0.833 bits per heavy atom. The summed E-state index contributed by atoms with van der Waals surface area (Å²) in [7, 11) is 3.06. The zero-order chi connectivity index (χ0) is 21.1. The molecule has 0 aliphatic carbocycles. The normalized spacial score (nSPS) is 10.6. The van der Waals surface area contributed by atoms with Crippen LogP contribution < -0.4 is 15.0 Å². The van der Waals surface area contributed by atoms with Crippen LogP contribution in [0.3, 0.4) is 0 Å². The number of hydrogen-bond acceptors (Lipinski definition) is 4. The molecule has 0 aliphatic heterocycles. The van der Waals surface area contributed by atoms with E-state index in [1.165, 1.54) is 30.0 Å². The van der Waals surface area contributed by atoms with Gasteiger partial charge in [0.05, 0.1) is 7.11 Å². The number of ether oxygens (including phenoxy) is 2. The van der Waals surface area contributed by atoms with Crippen LogP contribution >= 0.6 is 0 Å². The molecule has 1 aromatic heterocycles. The second-order valence-electron chi connectivity index (χ2n) is 6.63. The average molecular weight is 402 g/mol. The summed E-state index contributed by atoms with van der Waals surface area (Å²) in [5, 5.41) is 4.43. The molecular formula is C24H19FN2O3. The number of halogens is 1. The van der Waals surface area contributed by atoms with Crippen molar-refractivity contribution in [2.24, 2.45) is 7.05 Å². The van der Waals surface area contributed by atoms with Crippen molar-refractivity contribution in [2.75, 3.05) is 7.11 Å². The highest BCUT2D eigenvalue weighted by Gasteiger charge is 2.19. The fourth-order valence-corrected chi connectivity index (χ4v) is 3.15. The van der Waals surface area contributed by atoms with Gasteiger partial charge in [-0.15, -0.1) is 0 Å². The van der Waals surface area contributed by atoms with Crippen LogP contribution in [0.25, 0.3) is 22.4 Å². The molecule has 0 saturated heterocycles. The molecule has 0 fully saturated rings. The molecule has 0 unspecified atom stereocenters. The van der Waals surface area contributed by atoms with E-state index in [1.54, 1.807) is 19.2 Å². The molecule has 0 saturated carbocycles. The van der Waals surface area contributed by atoms with Crippen molar-refractivity contribution in [1.29, 1.82) is 0 Å². The van der Waals surface area contributed by atoms with Gasteiger partial charge in [-0.25, -0.2) is 9.07 Å². The third kappa shape index (κ3) is 3.80. The molecule has 0 atom stereocenters. The molecule has 0 aliphatic rings. The second kappa shape index (κ2) is 8.21. The van der Waals surface area contributed by atoms with Gasteiger partial charge < -0.3 is 9.47 Å². The first-order valence-corrected chi connectivity index (χ1v) is 9.31. The van der Waals surface area contributed by atoms with Crippen LogP contribution in [0.1, 0.15) is 0 Å². The third-order valence-corrected chi connectivity index (χ3v) is 4.67. The van der Waals surface area contributed by atoms with E-state index in [1.807, 2.05) is 48.5 Å². The number of rotatable bonds is 5. The number of methoxy groups -OCH3 is 1. The molecule has 3 aromatic carbocycles. The van der Waals surface area contributed by atoms with E-state index in [-0.39, 0.29) is 11.1 Å². The molecule has 30 heavy (non-hydrogen) atoms. The fraction of sp³-hybridized carbons (Fsp3) is 0.0833. The van der Waals surface area contributed by atoms with E-state index in [2.05, 4.69) is 5.10 Å². The Labute approximate surface area is 173 Å². The standard InChI is InChI=1S/C24H19FN2O3/c1-27-23(28)15-20(19-14-17(29-2)12-13-21(19)25)24(26-27)18-10-6-7-11-22(18)30-16-8-4-3-5-9-16/h3-15H,1-2H3. The predicted molar refractivity (Wildman–Crippen MR) is 113 cm³/mol. The zero-order valence-corrected chi connectivity index (χ0v) is 16.5. The molecule has 4 aromatic rings. The maximum absolute atomic E-state index is 14.7. The Hall–Kier alpha value is -3.93. The highest BCUT2D eigenvalue weighted by atomic mass is 19.1. The Bertz CT molecular complexity index is 1250. The number of aromatic nitrogens is 2. The minimum atomic E-state index is -0.478. The predicted octanol–water partition coefficient (Wildman–Crippen LogP) is 5.05. The number of para-hydroxylation sites is 2. The van der Waals surface area contributed by atoms with Crippen molar-refractivity contribution in [1.82, 2.24) is 9.78 Å². The molecule has 4 rings (SSSR count). The van der Waals surface area contributed by atoms with E-state index in [0.29, 0.717) is 34.1 Å². The SMILES string of the molecule is COc1ccc(F)c(-c2cc(=O)n(C)nc2-c2ccccc2Oc2ccccc2)c1. The lowest BCUT2D eigenvalue weighted by atomic mass is 9.98. The average Bonchev–Trinajstić information content (AvgIpc) is 2.77. The molecular weight excluding hydrogens is 383 g/mol. The molecule has 0 bridgehead atoms. The van der Waals surface area contributed by atoms with E-state index in [4.69, 9.17) is 9.47 Å². The summed E-state index contributed by atoms with van der Waals surface area (Å²) in [4.78, 5) is 12.4. The van der Waals surface area contributed by atoms with Gasteiger partial charge >= 0.3 is 0 Å². The molecule has 6 heteroatoms. The van der Waals surface area contributed by atoms with Crippen molar-refractivity contribution in [2.45, 2.75) is 0 Å². The number of benzene rings is 3.